The van der Waals surface area contributed by atoms with Crippen molar-refractivity contribution in [1.82, 2.24) is 0 Å². The van der Waals surface area contributed by atoms with Crippen molar-refractivity contribution in [3.63, 3.8) is 0 Å². The van der Waals surface area contributed by atoms with Gasteiger partial charge in [0.05, 0.1) is 8.07 Å². The van der Waals surface area contributed by atoms with E-state index in [1.807, 2.05) is 20.0 Å². The van der Waals surface area contributed by atoms with Crippen molar-refractivity contribution in [2.75, 3.05) is 0 Å². The van der Waals surface area contributed by atoms with Gasteiger partial charge in [0.1, 0.15) is 12.9 Å². The van der Waals surface area contributed by atoms with E-state index in [0.717, 1.165) is 16.8 Å². The molecular formula is C16H21FNSi+. The molecule has 0 aliphatic heterocycles. The van der Waals surface area contributed by atoms with Crippen LogP contribution in [0.4, 0.5) is 4.39 Å². The molecule has 1 aromatic carbocycles. The summed E-state index contributed by atoms with van der Waals surface area (Å²) in [5.41, 5.74) is 3.23. The summed E-state index contributed by atoms with van der Waals surface area (Å²) in [6.45, 7) is 8.97. The minimum absolute atomic E-state index is 0.176. The Morgan fingerprint density at radius 3 is 2.32 bits per heavy atom. The van der Waals surface area contributed by atoms with Crippen LogP contribution in [-0.4, -0.2) is 8.07 Å². The van der Waals surface area contributed by atoms with Crippen LogP contribution in [0.25, 0.3) is 11.3 Å². The Morgan fingerprint density at radius 2 is 1.74 bits per heavy atom. The van der Waals surface area contributed by atoms with Gasteiger partial charge in [0, 0.05) is 17.7 Å². The van der Waals surface area contributed by atoms with Crippen LogP contribution in [0.2, 0.25) is 19.6 Å². The molecule has 0 saturated heterocycles. The molecule has 1 nitrogen and oxygen atoms in total. The lowest BCUT2D eigenvalue weighted by molar-refractivity contribution is -0.660. The Morgan fingerprint density at radius 1 is 1.05 bits per heavy atom. The fraction of sp³-hybridized carbons (Fsp3) is 0.312. The molecule has 0 fully saturated rings. The molecule has 1 heterocycles. The number of hydrogen-bond acceptors (Lipinski definition) is 0. The second-order valence-electron chi connectivity index (χ2n) is 6.12. The average Bonchev–Trinajstić information content (AvgIpc) is 2.29. The van der Waals surface area contributed by atoms with Crippen LogP contribution in [0.1, 0.15) is 5.56 Å². The van der Waals surface area contributed by atoms with E-state index < -0.39 is 8.07 Å². The fourth-order valence-electron chi connectivity index (χ4n) is 2.22. The van der Waals surface area contributed by atoms with Gasteiger partial charge in [-0.25, -0.2) is 8.96 Å². The number of hydrogen-bond donors (Lipinski definition) is 0. The first-order valence-electron chi connectivity index (χ1n) is 6.56. The number of pyridine rings is 1. The molecule has 0 atom stereocenters. The topological polar surface area (TPSA) is 3.88 Å². The number of aromatic nitrogens is 1. The third kappa shape index (κ3) is 2.92. The second-order valence-corrected chi connectivity index (χ2v) is 11.2. The third-order valence-corrected chi connectivity index (χ3v) is 5.52. The first kappa shape index (κ1) is 13.9. The van der Waals surface area contributed by atoms with E-state index in [4.69, 9.17) is 0 Å². The van der Waals surface area contributed by atoms with Crippen LogP contribution < -0.4 is 9.75 Å². The van der Waals surface area contributed by atoms with Gasteiger partial charge in [0.25, 0.3) is 0 Å². The molecule has 0 bridgehead atoms. The molecule has 0 radical (unpaired) electrons. The maximum absolute atomic E-state index is 13.2. The van der Waals surface area contributed by atoms with Gasteiger partial charge < -0.3 is 0 Å². The summed E-state index contributed by atoms with van der Waals surface area (Å²) in [6.07, 6.45) is 2.10. The molecule has 0 aliphatic carbocycles. The Kier molecular flexibility index (Phi) is 3.59. The quantitative estimate of drug-likeness (QED) is 0.585. The van der Waals surface area contributed by atoms with Crippen molar-refractivity contribution in [2.45, 2.75) is 26.6 Å². The maximum atomic E-state index is 13.2. The van der Waals surface area contributed by atoms with Gasteiger partial charge in [-0.15, -0.1) is 0 Å². The molecule has 100 valence electrons. The lowest BCUT2D eigenvalue weighted by atomic mass is 10.0. The zero-order valence-corrected chi connectivity index (χ0v) is 13.3. The highest BCUT2D eigenvalue weighted by atomic mass is 28.3. The normalized spacial score (nSPS) is 11.7. The first-order chi connectivity index (χ1) is 8.79. The van der Waals surface area contributed by atoms with Gasteiger partial charge in [-0.05, 0) is 35.9 Å². The molecule has 3 heteroatoms. The number of halogens is 1. The monoisotopic (exact) mass is 274 g/mol. The van der Waals surface area contributed by atoms with E-state index >= 15 is 0 Å². The highest BCUT2D eigenvalue weighted by Crippen LogP contribution is 2.20. The number of benzene rings is 1. The second kappa shape index (κ2) is 4.89. The van der Waals surface area contributed by atoms with E-state index in [1.54, 1.807) is 6.07 Å². The fourth-order valence-corrected chi connectivity index (χ4v) is 3.36. The van der Waals surface area contributed by atoms with Gasteiger partial charge in [-0.2, -0.15) is 0 Å². The Bertz CT molecular complexity index is 615. The summed E-state index contributed by atoms with van der Waals surface area (Å²) < 4.78 is 15.3. The summed E-state index contributed by atoms with van der Waals surface area (Å²) in [7, 11) is 0.698. The van der Waals surface area contributed by atoms with E-state index in [0.29, 0.717) is 0 Å². The summed E-state index contributed by atoms with van der Waals surface area (Å²) >= 11 is 0. The van der Waals surface area contributed by atoms with Crippen LogP contribution in [0.3, 0.4) is 0 Å². The molecule has 19 heavy (non-hydrogen) atoms. The van der Waals surface area contributed by atoms with E-state index in [9.17, 15) is 4.39 Å². The molecule has 2 aromatic rings. The summed E-state index contributed by atoms with van der Waals surface area (Å²) in [6, 6.07) is 9.45. The standard InChI is InChI=1S/C16H21FNSi/c1-12-10-13(17)6-7-15(12)16-11-14(19(3,4)5)8-9-18(16)2/h6-11H,1-5H3/q+1. The predicted molar refractivity (Wildman–Crippen MR) is 80.7 cm³/mol. The molecule has 0 spiro atoms. The SMILES string of the molecule is Cc1cc(F)ccc1-c1cc([Si](C)(C)C)cc[n+]1C. The van der Waals surface area contributed by atoms with Crippen LogP contribution in [-0.2, 0) is 7.05 Å². The van der Waals surface area contributed by atoms with Gasteiger partial charge in [0.2, 0.25) is 5.69 Å². The molecule has 2 rings (SSSR count). The van der Waals surface area contributed by atoms with E-state index in [-0.39, 0.29) is 5.82 Å². The van der Waals surface area contributed by atoms with Gasteiger partial charge in [-0.3, -0.25) is 0 Å². The van der Waals surface area contributed by atoms with Gasteiger partial charge >= 0.3 is 0 Å². The molecular weight excluding hydrogens is 253 g/mol. The summed E-state index contributed by atoms with van der Waals surface area (Å²) in [4.78, 5) is 0. The molecule has 0 saturated carbocycles. The highest BCUT2D eigenvalue weighted by molar-refractivity contribution is 6.88. The summed E-state index contributed by atoms with van der Waals surface area (Å²) in [5.74, 6) is -0.176. The Labute approximate surface area is 115 Å². The van der Waals surface area contributed by atoms with Crippen molar-refractivity contribution >= 4 is 13.3 Å². The number of aryl methyl sites for hydroxylation is 2. The minimum atomic E-state index is -1.34. The van der Waals surface area contributed by atoms with E-state index in [2.05, 4.69) is 42.5 Å². The number of rotatable bonds is 2. The molecule has 0 N–H and O–H groups in total. The molecule has 1 aromatic heterocycles. The largest absolute Gasteiger partial charge is 0.212 e. The van der Waals surface area contributed by atoms with Crippen molar-refractivity contribution in [3.05, 3.63) is 47.9 Å². The maximum Gasteiger partial charge on any atom is 0.212 e. The van der Waals surface area contributed by atoms with Crippen LogP contribution in [0.5, 0.6) is 0 Å². The summed E-state index contributed by atoms with van der Waals surface area (Å²) in [5, 5.41) is 1.42. The molecule has 0 unspecified atom stereocenters. The van der Waals surface area contributed by atoms with Crippen LogP contribution in [0.15, 0.2) is 36.5 Å². The van der Waals surface area contributed by atoms with Crippen molar-refractivity contribution < 1.29 is 8.96 Å². The Hall–Kier alpha value is -1.48. The lowest BCUT2D eigenvalue weighted by Crippen LogP contribution is -2.42. The van der Waals surface area contributed by atoms with Gasteiger partial charge in [-0.1, -0.05) is 19.6 Å². The van der Waals surface area contributed by atoms with Crippen molar-refractivity contribution in [2.24, 2.45) is 7.05 Å². The van der Waals surface area contributed by atoms with Gasteiger partial charge in [0.15, 0.2) is 6.20 Å². The zero-order valence-electron chi connectivity index (χ0n) is 12.3. The zero-order chi connectivity index (χ0) is 14.2. The van der Waals surface area contributed by atoms with Crippen LogP contribution >= 0.6 is 0 Å². The van der Waals surface area contributed by atoms with Crippen molar-refractivity contribution in [3.8, 4) is 11.3 Å². The van der Waals surface area contributed by atoms with E-state index in [1.165, 1.54) is 11.3 Å². The smallest absolute Gasteiger partial charge is 0.207 e. The Balaban J connectivity index is 2.61. The number of nitrogens with zero attached hydrogens (tertiary/aromatic N) is 1. The lowest BCUT2D eigenvalue weighted by Gasteiger charge is -2.16. The highest BCUT2D eigenvalue weighted by Gasteiger charge is 2.21. The van der Waals surface area contributed by atoms with Crippen molar-refractivity contribution in [1.29, 1.82) is 0 Å². The average molecular weight is 274 g/mol. The molecule has 0 amide bonds. The molecule has 0 aliphatic rings. The van der Waals surface area contributed by atoms with Crippen LogP contribution in [0, 0.1) is 12.7 Å². The first-order valence-corrected chi connectivity index (χ1v) is 10.1. The predicted octanol–water partition coefficient (Wildman–Crippen LogP) is 3.17. The minimum Gasteiger partial charge on any atom is -0.207 e. The third-order valence-electron chi connectivity index (χ3n) is 3.48.